The van der Waals surface area contributed by atoms with Crippen molar-refractivity contribution < 1.29 is 4.74 Å². The van der Waals surface area contributed by atoms with Gasteiger partial charge in [-0.05, 0) is 31.1 Å². The van der Waals surface area contributed by atoms with Crippen molar-refractivity contribution >= 4 is 0 Å². The molecule has 0 aromatic rings. The Morgan fingerprint density at radius 3 is 2.83 bits per heavy atom. The van der Waals surface area contributed by atoms with Gasteiger partial charge < -0.3 is 10.1 Å². The van der Waals surface area contributed by atoms with Gasteiger partial charge in [-0.3, -0.25) is 0 Å². The summed E-state index contributed by atoms with van der Waals surface area (Å²) in [5.74, 6) is 2.04. The summed E-state index contributed by atoms with van der Waals surface area (Å²) in [5.41, 5.74) is 0. The minimum absolute atomic E-state index is 0.818. The highest BCUT2D eigenvalue weighted by Gasteiger charge is 2.38. The third-order valence-electron chi connectivity index (χ3n) is 3.45. The number of hydrogen-bond acceptors (Lipinski definition) is 2. The second-order valence-corrected chi connectivity index (χ2v) is 4.23. The highest BCUT2D eigenvalue weighted by Crippen LogP contribution is 2.44. The van der Waals surface area contributed by atoms with E-state index in [1.807, 2.05) is 0 Å². The van der Waals surface area contributed by atoms with E-state index in [9.17, 15) is 0 Å². The Hall–Kier alpha value is -0.0800. The van der Waals surface area contributed by atoms with Crippen molar-refractivity contribution in [2.75, 3.05) is 20.3 Å². The van der Waals surface area contributed by atoms with Crippen molar-refractivity contribution in [3.63, 3.8) is 0 Å². The van der Waals surface area contributed by atoms with E-state index < -0.39 is 0 Å². The molecule has 70 valence electrons. The SMILES string of the molecule is COCCN[C@H]1C[C@@H]2CC[C@@H]1C2. The maximum absolute atomic E-state index is 5.02. The van der Waals surface area contributed by atoms with Crippen LogP contribution in [0.2, 0.25) is 0 Å². The first-order valence-corrected chi connectivity index (χ1v) is 5.12. The largest absolute Gasteiger partial charge is 0.383 e. The summed E-state index contributed by atoms with van der Waals surface area (Å²) < 4.78 is 5.02. The highest BCUT2D eigenvalue weighted by molar-refractivity contribution is 4.93. The van der Waals surface area contributed by atoms with Gasteiger partial charge in [-0.15, -0.1) is 0 Å². The molecule has 0 amide bonds. The van der Waals surface area contributed by atoms with Gasteiger partial charge in [-0.2, -0.15) is 0 Å². The van der Waals surface area contributed by atoms with Crippen LogP contribution in [0.25, 0.3) is 0 Å². The van der Waals surface area contributed by atoms with Crippen molar-refractivity contribution in [1.29, 1.82) is 0 Å². The van der Waals surface area contributed by atoms with Crippen molar-refractivity contribution in [1.82, 2.24) is 5.32 Å². The zero-order valence-electron chi connectivity index (χ0n) is 7.88. The van der Waals surface area contributed by atoms with Crippen LogP contribution in [0.4, 0.5) is 0 Å². The van der Waals surface area contributed by atoms with E-state index in [1.165, 1.54) is 25.7 Å². The van der Waals surface area contributed by atoms with Crippen LogP contribution in [0.3, 0.4) is 0 Å². The first-order chi connectivity index (χ1) is 5.90. The van der Waals surface area contributed by atoms with Crippen LogP contribution in [0.5, 0.6) is 0 Å². The van der Waals surface area contributed by atoms with E-state index in [-0.39, 0.29) is 0 Å². The van der Waals surface area contributed by atoms with Crippen molar-refractivity contribution in [2.24, 2.45) is 11.8 Å². The minimum atomic E-state index is 0.818. The highest BCUT2D eigenvalue weighted by atomic mass is 16.5. The number of ether oxygens (including phenoxy) is 1. The topological polar surface area (TPSA) is 21.3 Å². The van der Waals surface area contributed by atoms with E-state index in [0.29, 0.717) is 0 Å². The number of nitrogens with one attached hydrogen (secondary N) is 1. The predicted molar refractivity (Wildman–Crippen MR) is 49.1 cm³/mol. The molecule has 2 saturated carbocycles. The molecule has 0 unspecified atom stereocenters. The lowest BCUT2D eigenvalue weighted by Crippen LogP contribution is -2.35. The molecule has 0 aromatic heterocycles. The molecule has 0 spiro atoms. The Labute approximate surface area is 74.7 Å². The maximum atomic E-state index is 5.02. The Kier molecular flexibility index (Phi) is 2.66. The van der Waals surface area contributed by atoms with Crippen LogP contribution >= 0.6 is 0 Å². The molecule has 2 bridgehead atoms. The first kappa shape index (κ1) is 8.52. The van der Waals surface area contributed by atoms with Crippen LogP contribution in [0.15, 0.2) is 0 Å². The fourth-order valence-corrected chi connectivity index (χ4v) is 2.84. The van der Waals surface area contributed by atoms with E-state index >= 15 is 0 Å². The van der Waals surface area contributed by atoms with E-state index in [4.69, 9.17) is 4.74 Å². The lowest BCUT2D eigenvalue weighted by molar-refractivity contribution is 0.190. The second-order valence-electron chi connectivity index (χ2n) is 4.23. The van der Waals surface area contributed by atoms with E-state index in [2.05, 4.69) is 5.32 Å². The molecule has 2 aliphatic carbocycles. The Balaban J connectivity index is 1.69. The minimum Gasteiger partial charge on any atom is -0.383 e. The molecule has 0 heterocycles. The first-order valence-electron chi connectivity index (χ1n) is 5.12. The standard InChI is InChI=1S/C10H19NO/c1-12-5-4-11-10-7-8-2-3-9(10)6-8/h8-11H,2-7H2,1H3/t8-,9-,10+/m1/s1. The number of rotatable bonds is 4. The zero-order chi connectivity index (χ0) is 8.39. The molecule has 0 aliphatic heterocycles. The zero-order valence-corrected chi connectivity index (χ0v) is 7.88. The summed E-state index contributed by atoms with van der Waals surface area (Å²) in [7, 11) is 1.77. The molecule has 3 atom stereocenters. The molecular weight excluding hydrogens is 150 g/mol. The van der Waals surface area contributed by atoms with Crippen molar-refractivity contribution in [2.45, 2.75) is 31.7 Å². The van der Waals surface area contributed by atoms with Gasteiger partial charge in [-0.25, -0.2) is 0 Å². The third kappa shape index (κ3) is 1.64. The van der Waals surface area contributed by atoms with Gasteiger partial charge >= 0.3 is 0 Å². The molecule has 2 heteroatoms. The Morgan fingerprint density at radius 2 is 2.25 bits per heavy atom. The van der Waals surface area contributed by atoms with Crippen LogP contribution in [-0.2, 0) is 4.74 Å². The molecule has 0 aromatic carbocycles. The molecule has 1 N–H and O–H groups in total. The van der Waals surface area contributed by atoms with Gasteiger partial charge in [0.15, 0.2) is 0 Å². The number of methoxy groups -OCH3 is 1. The Morgan fingerprint density at radius 1 is 1.33 bits per heavy atom. The molecule has 0 radical (unpaired) electrons. The summed E-state index contributed by atoms with van der Waals surface area (Å²) in [5, 5.41) is 3.59. The van der Waals surface area contributed by atoms with Gasteiger partial charge in [-0.1, -0.05) is 6.42 Å². The van der Waals surface area contributed by atoms with Crippen LogP contribution in [-0.4, -0.2) is 26.3 Å². The lowest BCUT2D eigenvalue weighted by Gasteiger charge is -2.22. The molecule has 0 saturated heterocycles. The third-order valence-corrected chi connectivity index (χ3v) is 3.45. The smallest absolute Gasteiger partial charge is 0.0587 e. The van der Waals surface area contributed by atoms with Crippen molar-refractivity contribution in [3.05, 3.63) is 0 Å². The summed E-state index contributed by atoms with van der Waals surface area (Å²) in [6, 6.07) is 0.818. The monoisotopic (exact) mass is 169 g/mol. The Bertz CT molecular complexity index is 149. The summed E-state index contributed by atoms with van der Waals surface area (Å²) >= 11 is 0. The summed E-state index contributed by atoms with van der Waals surface area (Å²) in [6.07, 6.45) is 5.88. The molecular formula is C10H19NO. The van der Waals surface area contributed by atoms with Gasteiger partial charge in [0.1, 0.15) is 0 Å². The molecule has 2 rings (SSSR count). The van der Waals surface area contributed by atoms with Gasteiger partial charge in [0, 0.05) is 19.7 Å². The average Bonchev–Trinajstić information content (AvgIpc) is 2.65. The van der Waals surface area contributed by atoms with Crippen LogP contribution in [0.1, 0.15) is 25.7 Å². The second kappa shape index (κ2) is 3.75. The predicted octanol–water partition coefficient (Wildman–Crippen LogP) is 1.41. The fourth-order valence-electron chi connectivity index (χ4n) is 2.84. The maximum Gasteiger partial charge on any atom is 0.0587 e. The quantitative estimate of drug-likeness (QED) is 0.642. The normalized spacial score (nSPS) is 39.2. The molecule has 2 aliphatic rings. The molecule has 2 fully saturated rings. The molecule has 2 nitrogen and oxygen atoms in total. The van der Waals surface area contributed by atoms with Gasteiger partial charge in [0.25, 0.3) is 0 Å². The van der Waals surface area contributed by atoms with Gasteiger partial charge in [0.05, 0.1) is 6.61 Å². The average molecular weight is 169 g/mol. The van der Waals surface area contributed by atoms with Crippen LogP contribution < -0.4 is 5.32 Å². The van der Waals surface area contributed by atoms with Crippen LogP contribution in [0, 0.1) is 11.8 Å². The summed E-state index contributed by atoms with van der Waals surface area (Å²) in [4.78, 5) is 0. The van der Waals surface area contributed by atoms with E-state index in [0.717, 1.165) is 31.0 Å². The number of hydrogen-bond donors (Lipinski definition) is 1. The summed E-state index contributed by atoms with van der Waals surface area (Å²) in [6.45, 7) is 1.89. The molecule has 12 heavy (non-hydrogen) atoms. The van der Waals surface area contributed by atoms with Crippen molar-refractivity contribution in [3.8, 4) is 0 Å². The van der Waals surface area contributed by atoms with Gasteiger partial charge in [0.2, 0.25) is 0 Å². The lowest BCUT2D eigenvalue weighted by atomic mass is 9.95. The van der Waals surface area contributed by atoms with E-state index in [1.54, 1.807) is 7.11 Å². The fraction of sp³-hybridized carbons (Fsp3) is 1.00. The number of fused-ring (bicyclic) bond motifs is 2.